The second-order valence-electron chi connectivity index (χ2n) is 7.52. The highest BCUT2D eigenvalue weighted by molar-refractivity contribution is 5.56. The zero-order valence-electron chi connectivity index (χ0n) is 17.4. The van der Waals surface area contributed by atoms with Crippen molar-refractivity contribution in [1.82, 2.24) is 0 Å². The van der Waals surface area contributed by atoms with Gasteiger partial charge < -0.3 is 14.2 Å². The van der Waals surface area contributed by atoms with Crippen LogP contribution >= 0.6 is 0 Å². The maximum absolute atomic E-state index is 5.96. The molecule has 0 heterocycles. The molecular formula is C24H38O3. The second kappa shape index (κ2) is 13.8. The number of ether oxygens (including phenoxy) is 3. The fourth-order valence-corrected chi connectivity index (χ4v) is 3.14. The Bertz CT molecular complexity index is 545. The van der Waals surface area contributed by atoms with E-state index in [9.17, 15) is 0 Å². The van der Waals surface area contributed by atoms with Gasteiger partial charge in [0.15, 0.2) is 0 Å². The molecule has 1 aromatic rings. The van der Waals surface area contributed by atoms with E-state index in [1.165, 1.54) is 43.2 Å². The summed E-state index contributed by atoms with van der Waals surface area (Å²) < 4.78 is 17.0. The van der Waals surface area contributed by atoms with E-state index in [1.54, 1.807) is 5.57 Å². The second-order valence-corrected chi connectivity index (χ2v) is 7.52. The van der Waals surface area contributed by atoms with E-state index >= 15 is 0 Å². The molecule has 1 aromatic carbocycles. The van der Waals surface area contributed by atoms with Crippen molar-refractivity contribution < 1.29 is 14.2 Å². The molecule has 0 bridgehead atoms. The predicted molar refractivity (Wildman–Crippen MR) is 114 cm³/mol. The maximum atomic E-state index is 5.96. The lowest BCUT2D eigenvalue weighted by atomic mass is 9.90. The summed E-state index contributed by atoms with van der Waals surface area (Å²) in [6.45, 7) is 8.45. The Morgan fingerprint density at radius 3 is 2.22 bits per heavy atom. The molecule has 3 nitrogen and oxygen atoms in total. The quantitative estimate of drug-likeness (QED) is 0.335. The van der Waals surface area contributed by atoms with E-state index in [4.69, 9.17) is 14.2 Å². The molecule has 152 valence electrons. The van der Waals surface area contributed by atoms with Crippen LogP contribution in [-0.2, 0) is 9.47 Å². The van der Waals surface area contributed by atoms with E-state index < -0.39 is 0 Å². The Morgan fingerprint density at radius 1 is 0.852 bits per heavy atom. The minimum Gasteiger partial charge on any atom is -0.493 e. The summed E-state index contributed by atoms with van der Waals surface area (Å²) in [5.41, 5.74) is 4.13. The largest absolute Gasteiger partial charge is 0.493 e. The molecule has 0 aromatic heterocycles. The van der Waals surface area contributed by atoms with Crippen LogP contribution in [0.25, 0.3) is 6.08 Å². The third kappa shape index (κ3) is 9.44. The third-order valence-electron chi connectivity index (χ3n) is 4.93. The Morgan fingerprint density at radius 2 is 1.56 bits per heavy atom. The molecule has 1 saturated carbocycles. The van der Waals surface area contributed by atoms with Gasteiger partial charge in [-0.05, 0) is 81.5 Å². The average molecular weight is 375 g/mol. The first kappa shape index (κ1) is 22.0. The van der Waals surface area contributed by atoms with Gasteiger partial charge >= 0.3 is 0 Å². The molecule has 0 atom stereocenters. The summed E-state index contributed by atoms with van der Waals surface area (Å²) in [6, 6.07) is 6.54. The van der Waals surface area contributed by atoms with Gasteiger partial charge in [0.1, 0.15) is 5.75 Å². The lowest BCUT2D eigenvalue weighted by Gasteiger charge is -2.16. The third-order valence-corrected chi connectivity index (χ3v) is 4.93. The summed E-state index contributed by atoms with van der Waals surface area (Å²) in [6.07, 6.45) is 13.0. The van der Waals surface area contributed by atoms with Crippen LogP contribution < -0.4 is 4.74 Å². The van der Waals surface area contributed by atoms with Gasteiger partial charge in [-0.2, -0.15) is 0 Å². The summed E-state index contributed by atoms with van der Waals surface area (Å²) in [7, 11) is 0. The summed E-state index contributed by atoms with van der Waals surface area (Å²) in [5, 5.41) is 0. The Labute approximate surface area is 166 Å². The SMILES string of the molecule is CCCOCCCOCCCCCCOc1ccc(C=C2CCC2)cc1C. The molecular weight excluding hydrogens is 336 g/mol. The van der Waals surface area contributed by atoms with E-state index in [1.807, 2.05) is 0 Å². The van der Waals surface area contributed by atoms with Crippen molar-refractivity contribution in [3.63, 3.8) is 0 Å². The lowest BCUT2D eigenvalue weighted by Crippen LogP contribution is -2.03. The van der Waals surface area contributed by atoms with Gasteiger partial charge in [0.2, 0.25) is 0 Å². The van der Waals surface area contributed by atoms with Crippen molar-refractivity contribution in [3.8, 4) is 5.75 Å². The van der Waals surface area contributed by atoms with Gasteiger partial charge in [-0.3, -0.25) is 0 Å². The molecule has 0 spiro atoms. The van der Waals surface area contributed by atoms with Gasteiger partial charge in [0.05, 0.1) is 6.61 Å². The van der Waals surface area contributed by atoms with Crippen molar-refractivity contribution in [3.05, 3.63) is 34.9 Å². The van der Waals surface area contributed by atoms with Gasteiger partial charge in [-0.25, -0.2) is 0 Å². The zero-order valence-corrected chi connectivity index (χ0v) is 17.4. The van der Waals surface area contributed by atoms with Crippen LogP contribution in [0.15, 0.2) is 23.8 Å². The number of hydrogen-bond acceptors (Lipinski definition) is 3. The van der Waals surface area contributed by atoms with Crippen LogP contribution in [0.5, 0.6) is 5.75 Å². The summed E-state index contributed by atoms with van der Waals surface area (Å²) in [5.74, 6) is 1.03. The predicted octanol–water partition coefficient (Wildman–Crippen LogP) is 6.33. The van der Waals surface area contributed by atoms with Gasteiger partial charge in [0, 0.05) is 26.4 Å². The minimum atomic E-state index is 0.802. The van der Waals surface area contributed by atoms with E-state index in [0.29, 0.717) is 0 Å². The minimum absolute atomic E-state index is 0.802. The molecule has 0 N–H and O–H groups in total. The van der Waals surface area contributed by atoms with Crippen LogP contribution in [0.1, 0.15) is 75.8 Å². The molecule has 27 heavy (non-hydrogen) atoms. The number of aryl methyl sites for hydroxylation is 1. The molecule has 0 radical (unpaired) electrons. The van der Waals surface area contributed by atoms with Crippen molar-refractivity contribution in [2.75, 3.05) is 33.0 Å². The van der Waals surface area contributed by atoms with Crippen LogP contribution in [0.3, 0.4) is 0 Å². The first-order valence-electron chi connectivity index (χ1n) is 10.9. The highest BCUT2D eigenvalue weighted by atomic mass is 16.5. The highest BCUT2D eigenvalue weighted by Gasteiger charge is 2.08. The molecule has 0 aliphatic heterocycles. The summed E-state index contributed by atoms with van der Waals surface area (Å²) in [4.78, 5) is 0. The first-order valence-corrected chi connectivity index (χ1v) is 10.9. The average Bonchev–Trinajstić information content (AvgIpc) is 2.63. The van der Waals surface area contributed by atoms with Crippen molar-refractivity contribution in [2.24, 2.45) is 0 Å². The van der Waals surface area contributed by atoms with Crippen LogP contribution in [-0.4, -0.2) is 33.0 Å². The van der Waals surface area contributed by atoms with Crippen LogP contribution in [0, 0.1) is 6.92 Å². The van der Waals surface area contributed by atoms with Crippen molar-refractivity contribution in [2.45, 2.75) is 71.6 Å². The molecule has 1 fully saturated rings. The van der Waals surface area contributed by atoms with E-state index in [2.05, 4.69) is 38.1 Å². The normalized spacial score (nSPS) is 13.5. The highest BCUT2D eigenvalue weighted by Crippen LogP contribution is 2.29. The van der Waals surface area contributed by atoms with Crippen LogP contribution in [0.2, 0.25) is 0 Å². The molecule has 1 aliphatic carbocycles. The zero-order chi connectivity index (χ0) is 19.2. The fourth-order valence-electron chi connectivity index (χ4n) is 3.14. The number of allylic oxidation sites excluding steroid dienone is 1. The number of unbranched alkanes of at least 4 members (excludes halogenated alkanes) is 3. The number of benzene rings is 1. The molecule has 2 rings (SSSR count). The smallest absolute Gasteiger partial charge is 0.122 e. The fraction of sp³-hybridized carbons (Fsp3) is 0.667. The first-order chi connectivity index (χ1) is 13.3. The van der Waals surface area contributed by atoms with Crippen molar-refractivity contribution >= 4 is 6.08 Å². The van der Waals surface area contributed by atoms with Crippen molar-refractivity contribution in [1.29, 1.82) is 0 Å². The number of rotatable bonds is 15. The Balaban J connectivity index is 1.45. The molecule has 0 unspecified atom stereocenters. The number of hydrogen-bond donors (Lipinski definition) is 0. The summed E-state index contributed by atoms with van der Waals surface area (Å²) >= 11 is 0. The standard InChI is InChI=1S/C24H38O3/c1-3-14-25-16-9-17-26-15-6-4-5-7-18-27-24-13-12-23(19-21(24)2)20-22-10-8-11-22/h12-13,19-20H,3-11,14-18H2,1-2H3. The lowest BCUT2D eigenvalue weighted by molar-refractivity contribution is 0.0812. The van der Waals surface area contributed by atoms with Crippen LogP contribution in [0.4, 0.5) is 0 Å². The van der Waals surface area contributed by atoms with E-state index in [-0.39, 0.29) is 0 Å². The van der Waals surface area contributed by atoms with Gasteiger partial charge in [-0.1, -0.05) is 31.1 Å². The van der Waals surface area contributed by atoms with Gasteiger partial charge in [0.25, 0.3) is 0 Å². The Kier molecular flexibility index (Phi) is 11.2. The molecule has 3 heteroatoms. The molecule has 1 aliphatic rings. The van der Waals surface area contributed by atoms with E-state index in [0.717, 1.165) is 64.5 Å². The van der Waals surface area contributed by atoms with Gasteiger partial charge in [-0.15, -0.1) is 0 Å². The topological polar surface area (TPSA) is 27.7 Å². The molecule has 0 saturated heterocycles. The Hall–Kier alpha value is -1.32. The molecule has 0 amide bonds. The monoisotopic (exact) mass is 374 g/mol. The maximum Gasteiger partial charge on any atom is 0.122 e.